The number of aryl methyl sites for hydroxylation is 1. The van der Waals surface area contributed by atoms with Crippen LogP contribution in [0.25, 0.3) is 17.4 Å². The van der Waals surface area contributed by atoms with Gasteiger partial charge in [0.05, 0.1) is 9.83 Å². The maximum absolute atomic E-state index is 12.7. The number of hydrogen-bond acceptors (Lipinski definition) is 7. The van der Waals surface area contributed by atoms with Gasteiger partial charge in [0.15, 0.2) is 0 Å². The van der Waals surface area contributed by atoms with Gasteiger partial charge in [0, 0.05) is 23.3 Å². The number of nitro benzene ring substituents is 1. The highest BCUT2D eigenvalue weighted by Gasteiger charge is 2.40. The molecule has 8 nitrogen and oxygen atoms in total. The Kier molecular flexibility index (Phi) is 6.37. The average molecular weight is 447 g/mol. The summed E-state index contributed by atoms with van der Waals surface area (Å²) in [7, 11) is 0. The Balaban J connectivity index is 1.87. The van der Waals surface area contributed by atoms with Crippen LogP contribution in [0.15, 0.2) is 39.7 Å². The Hall–Kier alpha value is -2.98. The molecule has 1 amide bonds. The quantitative estimate of drug-likeness (QED) is 0.284. The number of nitro groups is 1. The fourth-order valence-electron chi connectivity index (χ4n) is 3.06. The van der Waals surface area contributed by atoms with E-state index in [1.54, 1.807) is 31.2 Å². The molecular weight excluding hydrogens is 428 g/mol. The summed E-state index contributed by atoms with van der Waals surface area (Å²) in [6, 6.07) is 7.06. The highest BCUT2D eigenvalue weighted by Crippen LogP contribution is 2.36. The monoisotopic (exact) mass is 446 g/mol. The van der Waals surface area contributed by atoms with Crippen LogP contribution in [0.5, 0.6) is 0 Å². The lowest BCUT2D eigenvalue weighted by Crippen LogP contribution is -2.43. The van der Waals surface area contributed by atoms with Gasteiger partial charge < -0.3 is 9.52 Å². The summed E-state index contributed by atoms with van der Waals surface area (Å²) < 4.78 is 5.93. The SMILES string of the molecule is CCC[C@@H](C(=O)O)N1C(=O)/C(=C\c2ccc(-c3ccc(C)c([N+](=O)[O-])c3)o2)SC1=S. The number of rotatable bonds is 7. The average Bonchev–Trinajstić information content (AvgIpc) is 3.25. The summed E-state index contributed by atoms with van der Waals surface area (Å²) >= 11 is 6.24. The first-order valence-corrected chi connectivity index (χ1v) is 10.3. The van der Waals surface area contributed by atoms with Crippen LogP contribution in [0, 0.1) is 17.0 Å². The van der Waals surface area contributed by atoms with Crippen molar-refractivity contribution in [2.75, 3.05) is 0 Å². The van der Waals surface area contributed by atoms with Crippen molar-refractivity contribution in [2.24, 2.45) is 0 Å². The number of carboxylic acids is 1. The van der Waals surface area contributed by atoms with Crippen LogP contribution in [0.3, 0.4) is 0 Å². The van der Waals surface area contributed by atoms with Crippen LogP contribution in [0.1, 0.15) is 31.1 Å². The third-order valence-electron chi connectivity index (χ3n) is 4.57. The number of thiocarbonyl (C=S) groups is 1. The summed E-state index contributed by atoms with van der Waals surface area (Å²) in [5.74, 6) is -0.809. The summed E-state index contributed by atoms with van der Waals surface area (Å²) in [5, 5.41) is 20.6. The third kappa shape index (κ3) is 4.29. The van der Waals surface area contributed by atoms with Gasteiger partial charge in [-0.1, -0.05) is 49.5 Å². The molecule has 10 heteroatoms. The second-order valence-corrected chi connectivity index (χ2v) is 8.33. The minimum absolute atomic E-state index is 0.0121. The van der Waals surface area contributed by atoms with Crippen LogP contribution in [-0.4, -0.2) is 37.2 Å². The summed E-state index contributed by atoms with van der Waals surface area (Å²) in [5.41, 5.74) is 1.06. The molecule has 2 aromatic rings. The predicted octanol–water partition coefficient (Wildman–Crippen LogP) is 4.62. The van der Waals surface area contributed by atoms with Gasteiger partial charge in [-0.3, -0.25) is 19.8 Å². The third-order valence-corrected chi connectivity index (χ3v) is 5.90. The van der Waals surface area contributed by atoms with Gasteiger partial charge in [0.1, 0.15) is 21.9 Å². The Morgan fingerprint density at radius 3 is 2.77 bits per heavy atom. The lowest BCUT2D eigenvalue weighted by Gasteiger charge is -2.22. The van der Waals surface area contributed by atoms with Crippen LogP contribution in [0.4, 0.5) is 5.69 Å². The molecule has 1 aromatic carbocycles. The number of hydrogen-bond donors (Lipinski definition) is 1. The molecule has 2 heterocycles. The molecule has 1 saturated heterocycles. The molecule has 156 valence electrons. The van der Waals surface area contributed by atoms with Crippen molar-refractivity contribution in [3.05, 3.63) is 56.7 Å². The van der Waals surface area contributed by atoms with Gasteiger partial charge in [-0.2, -0.15) is 0 Å². The van der Waals surface area contributed by atoms with Gasteiger partial charge >= 0.3 is 5.97 Å². The van der Waals surface area contributed by atoms with E-state index in [-0.39, 0.29) is 14.9 Å². The summed E-state index contributed by atoms with van der Waals surface area (Å²) in [6.07, 6.45) is 2.39. The number of furan rings is 1. The Bertz CT molecular complexity index is 1070. The highest BCUT2D eigenvalue weighted by atomic mass is 32.2. The molecule has 1 aliphatic rings. The molecule has 1 fully saturated rings. The van der Waals surface area contributed by atoms with Crippen molar-refractivity contribution in [3.8, 4) is 11.3 Å². The Morgan fingerprint density at radius 2 is 2.13 bits per heavy atom. The number of thioether (sulfide) groups is 1. The molecule has 1 atom stereocenters. The van der Waals surface area contributed by atoms with Crippen molar-refractivity contribution in [2.45, 2.75) is 32.7 Å². The maximum atomic E-state index is 12.7. The van der Waals surface area contributed by atoms with Gasteiger partial charge in [0.2, 0.25) is 0 Å². The molecule has 3 rings (SSSR count). The predicted molar refractivity (Wildman–Crippen MR) is 117 cm³/mol. The van der Waals surface area contributed by atoms with Crippen molar-refractivity contribution in [1.82, 2.24) is 4.90 Å². The molecule has 1 N–H and O–H groups in total. The molecule has 30 heavy (non-hydrogen) atoms. The molecule has 0 radical (unpaired) electrons. The maximum Gasteiger partial charge on any atom is 0.326 e. The molecule has 1 aromatic heterocycles. The molecule has 0 unspecified atom stereocenters. The van der Waals surface area contributed by atoms with E-state index in [4.69, 9.17) is 16.6 Å². The molecule has 0 bridgehead atoms. The fourth-order valence-corrected chi connectivity index (χ4v) is 4.40. The lowest BCUT2D eigenvalue weighted by molar-refractivity contribution is -0.385. The number of nitrogens with zero attached hydrogens (tertiary/aromatic N) is 2. The van der Waals surface area contributed by atoms with E-state index in [2.05, 4.69) is 0 Å². The van der Waals surface area contributed by atoms with E-state index in [1.807, 2.05) is 6.92 Å². The smallest absolute Gasteiger partial charge is 0.326 e. The molecular formula is C20H18N2O6S2. The van der Waals surface area contributed by atoms with Crippen molar-refractivity contribution in [3.63, 3.8) is 0 Å². The number of carbonyl (C=O) groups is 2. The molecule has 0 saturated carbocycles. The first kappa shape index (κ1) is 21.7. The first-order chi connectivity index (χ1) is 14.2. The van der Waals surface area contributed by atoms with Gasteiger partial charge in [0.25, 0.3) is 11.6 Å². The number of aliphatic carboxylic acids is 1. The summed E-state index contributed by atoms with van der Waals surface area (Å²) in [4.78, 5) is 36.4. The van der Waals surface area contributed by atoms with E-state index in [1.165, 1.54) is 12.1 Å². The standard InChI is InChI=1S/C20H18N2O6S2/c1-3-4-14(19(24)25)21-18(23)17(30-20(21)29)10-13-7-8-16(28-13)12-6-5-11(2)15(9-12)22(26)27/h5-10,14H,3-4H2,1-2H3,(H,24,25)/b17-10+/t14-/m0/s1. The first-order valence-electron chi connectivity index (χ1n) is 9.08. The number of carboxylic acid groups (broad SMARTS) is 1. The Morgan fingerprint density at radius 1 is 1.40 bits per heavy atom. The van der Waals surface area contributed by atoms with Gasteiger partial charge in [-0.05, 0) is 25.5 Å². The van der Waals surface area contributed by atoms with Gasteiger partial charge in [-0.25, -0.2) is 4.79 Å². The van der Waals surface area contributed by atoms with Crippen molar-refractivity contribution < 1.29 is 24.0 Å². The number of carbonyl (C=O) groups excluding carboxylic acids is 1. The molecule has 0 aliphatic carbocycles. The Labute approximate surface area is 181 Å². The lowest BCUT2D eigenvalue weighted by atomic mass is 10.1. The normalized spacial score (nSPS) is 16.3. The zero-order valence-corrected chi connectivity index (χ0v) is 17.8. The van der Waals surface area contributed by atoms with Crippen molar-refractivity contribution in [1.29, 1.82) is 0 Å². The molecule has 1 aliphatic heterocycles. The van der Waals surface area contributed by atoms with E-state index < -0.39 is 22.8 Å². The zero-order chi connectivity index (χ0) is 22.0. The minimum atomic E-state index is -1.10. The van der Waals surface area contributed by atoms with Crippen LogP contribution in [-0.2, 0) is 9.59 Å². The second kappa shape index (κ2) is 8.80. The number of benzene rings is 1. The minimum Gasteiger partial charge on any atom is -0.480 e. The van der Waals surface area contributed by atoms with Crippen LogP contribution < -0.4 is 0 Å². The molecule has 0 spiro atoms. The zero-order valence-electron chi connectivity index (χ0n) is 16.2. The van der Waals surface area contributed by atoms with E-state index >= 15 is 0 Å². The van der Waals surface area contributed by atoms with Crippen molar-refractivity contribution >= 4 is 51.9 Å². The highest BCUT2D eigenvalue weighted by molar-refractivity contribution is 8.26. The fraction of sp³-hybridized carbons (Fsp3) is 0.250. The van der Waals surface area contributed by atoms with E-state index in [0.717, 1.165) is 16.7 Å². The topological polar surface area (TPSA) is 114 Å². The van der Waals surface area contributed by atoms with Crippen LogP contribution in [0.2, 0.25) is 0 Å². The van der Waals surface area contributed by atoms with Crippen LogP contribution >= 0.6 is 24.0 Å². The van der Waals surface area contributed by atoms with E-state index in [0.29, 0.717) is 35.5 Å². The largest absolute Gasteiger partial charge is 0.480 e. The summed E-state index contributed by atoms with van der Waals surface area (Å²) in [6.45, 7) is 3.49. The number of amides is 1. The second-order valence-electron chi connectivity index (χ2n) is 6.65. The van der Waals surface area contributed by atoms with E-state index in [9.17, 15) is 24.8 Å². The van der Waals surface area contributed by atoms with Gasteiger partial charge in [-0.15, -0.1) is 0 Å².